The van der Waals surface area contributed by atoms with Crippen molar-refractivity contribution in [3.8, 4) is 0 Å². The van der Waals surface area contributed by atoms with Crippen LogP contribution in [0.25, 0.3) is 0 Å². The summed E-state index contributed by atoms with van der Waals surface area (Å²) in [6.07, 6.45) is 5.58. The number of carbonyl (C=O) groups is 1. The Morgan fingerprint density at radius 3 is 2.60 bits per heavy atom. The van der Waals surface area contributed by atoms with Crippen LogP contribution in [0.15, 0.2) is 24.5 Å². The predicted molar refractivity (Wildman–Crippen MR) is 56.9 cm³/mol. The van der Waals surface area contributed by atoms with E-state index in [9.17, 15) is 4.79 Å². The van der Waals surface area contributed by atoms with E-state index < -0.39 is 5.54 Å². The van der Waals surface area contributed by atoms with E-state index >= 15 is 0 Å². The van der Waals surface area contributed by atoms with Gasteiger partial charge in [-0.05, 0) is 37.5 Å². The zero-order chi connectivity index (χ0) is 10.9. The summed E-state index contributed by atoms with van der Waals surface area (Å²) < 4.78 is 0. The summed E-state index contributed by atoms with van der Waals surface area (Å²) in [6.45, 7) is 1.82. The lowest BCUT2D eigenvalue weighted by atomic mass is 9.92. The minimum absolute atomic E-state index is 0.347. The molecule has 0 radical (unpaired) electrons. The average Bonchev–Trinajstić information content (AvgIpc) is 3.02. The number of pyridine rings is 1. The molecule has 1 aromatic heterocycles. The lowest BCUT2D eigenvalue weighted by Crippen LogP contribution is -2.51. The second-order valence-corrected chi connectivity index (χ2v) is 4.14. The smallest absolute Gasteiger partial charge is 0.242 e. The summed E-state index contributed by atoms with van der Waals surface area (Å²) in [4.78, 5) is 15.5. The average molecular weight is 205 g/mol. The van der Waals surface area contributed by atoms with Crippen LogP contribution in [-0.2, 0) is 10.3 Å². The molecule has 1 aliphatic carbocycles. The Labute approximate surface area is 88.9 Å². The molecule has 0 spiro atoms. The maximum absolute atomic E-state index is 11.5. The molecule has 1 fully saturated rings. The molecule has 1 atom stereocenters. The molecule has 1 unspecified atom stereocenters. The van der Waals surface area contributed by atoms with Crippen LogP contribution in [0.3, 0.4) is 0 Å². The highest BCUT2D eigenvalue weighted by molar-refractivity contribution is 5.85. The van der Waals surface area contributed by atoms with Crippen molar-refractivity contribution in [1.82, 2.24) is 10.3 Å². The maximum Gasteiger partial charge on any atom is 0.242 e. The number of rotatable bonds is 4. The van der Waals surface area contributed by atoms with E-state index in [2.05, 4.69) is 10.3 Å². The SMILES string of the molecule is CC(NC1CC1)(C(N)=O)c1ccncc1. The number of nitrogens with one attached hydrogen (secondary N) is 1. The Bertz CT molecular complexity index is 361. The molecule has 1 aromatic rings. The molecular weight excluding hydrogens is 190 g/mol. The van der Waals surface area contributed by atoms with Gasteiger partial charge in [-0.3, -0.25) is 15.1 Å². The van der Waals surface area contributed by atoms with Crippen LogP contribution in [0.5, 0.6) is 0 Å². The van der Waals surface area contributed by atoms with E-state index in [1.54, 1.807) is 12.4 Å². The van der Waals surface area contributed by atoms with Gasteiger partial charge in [-0.2, -0.15) is 0 Å². The summed E-state index contributed by atoms with van der Waals surface area (Å²) in [5.74, 6) is -0.347. The zero-order valence-corrected chi connectivity index (χ0v) is 8.73. The summed E-state index contributed by atoms with van der Waals surface area (Å²) in [5.41, 5.74) is 5.56. The highest BCUT2D eigenvalue weighted by atomic mass is 16.1. The second kappa shape index (κ2) is 3.62. The van der Waals surface area contributed by atoms with Crippen molar-refractivity contribution in [3.05, 3.63) is 30.1 Å². The predicted octanol–water partition coefficient (Wildman–Crippen LogP) is 0.534. The standard InChI is InChI=1S/C11H15N3O/c1-11(10(12)15,14-9-2-3-9)8-4-6-13-7-5-8/h4-7,9,14H,2-3H2,1H3,(H2,12,15). The molecule has 2 rings (SSSR count). The van der Waals surface area contributed by atoms with Gasteiger partial charge in [0.15, 0.2) is 0 Å². The van der Waals surface area contributed by atoms with Crippen LogP contribution in [0.4, 0.5) is 0 Å². The molecule has 15 heavy (non-hydrogen) atoms. The van der Waals surface area contributed by atoms with Crippen molar-refractivity contribution < 1.29 is 4.79 Å². The molecule has 3 N–H and O–H groups in total. The molecule has 0 saturated heterocycles. The maximum atomic E-state index is 11.5. The summed E-state index contributed by atoms with van der Waals surface area (Å²) >= 11 is 0. The monoisotopic (exact) mass is 205 g/mol. The summed E-state index contributed by atoms with van der Waals surface area (Å²) in [7, 11) is 0. The Balaban J connectivity index is 2.28. The Morgan fingerprint density at radius 2 is 2.13 bits per heavy atom. The first-order valence-electron chi connectivity index (χ1n) is 5.11. The van der Waals surface area contributed by atoms with E-state index in [1.807, 2.05) is 19.1 Å². The largest absolute Gasteiger partial charge is 0.368 e. The fourth-order valence-electron chi connectivity index (χ4n) is 1.62. The fourth-order valence-corrected chi connectivity index (χ4v) is 1.62. The molecular formula is C11H15N3O. The van der Waals surface area contributed by atoms with E-state index in [-0.39, 0.29) is 5.91 Å². The van der Waals surface area contributed by atoms with Gasteiger partial charge in [0.2, 0.25) is 5.91 Å². The van der Waals surface area contributed by atoms with E-state index in [1.165, 1.54) is 0 Å². The fraction of sp³-hybridized carbons (Fsp3) is 0.455. The van der Waals surface area contributed by atoms with Gasteiger partial charge in [0.1, 0.15) is 5.54 Å². The van der Waals surface area contributed by atoms with Crippen LogP contribution in [0.1, 0.15) is 25.3 Å². The number of amides is 1. The summed E-state index contributed by atoms with van der Waals surface area (Å²) in [5, 5.41) is 3.28. The van der Waals surface area contributed by atoms with Gasteiger partial charge in [-0.1, -0.05) is 0 Å². The van der Waals surface area contributed by atoms with Crippen LogP contribution in [0, 0.1) is 0 Å². The highest BCUT2D eigenvalue weighted by Crippen LogP contribution is 2.27. The van der Waals surface area contributed by atoms with Gasteiger partial charge in [-0.15, -0.1) is 0 Å². The van der Waals surface area contributed by atoms with Crippen molar-refractivity contribution in [2.24, 2.45) is 5.73 Å². The first-order chi connectivity index (χ1) is 7.13. The van der Waals surface area contributed by atoms with Gasteiger partial charge in [0, 0.05) is 18.4 Å². The molecule has 4 nitrogen and oxygen atoms in total. The number of hydrogen-bond acceptors (Lipinski definition) is 3. The topological polar surface area (TPSA) is 68.0 Å². The molecule has 1 saturated carbocycles. The van der Waals surface area contributed by atoms with Crippen LogP contribution < -0.4 is 11.1 Å². The van der Waals surface area contributed by atoms with Crippen molar-refractivity contribution in [2.75, 3.05) is 0 Å². The summed E-state index contributed by atoms with van der Waals surface area (Å²) in [6, 6.07) is 4.07. The van der Waals surface area contributed by atoms with Gasteiger partial charge < -0.3 is 5.73 Å². The normalized spacial score (nSPS) is 19.5. The number of nitrogens with two attached hydrogens (primary N) is 1. The molecule has 0 aromatic carbocycles. The second-order valence-electron chi connectivity index (χ2n) is 4.14. The zero-order valence-electron chi connectivity index (χ0n) is 8.73. The Kier molecular flexibility index (Phi) is 2.44. The van der Waals surface area contributed by atoms with Crippen LogP contribution >= 0.6 is 0 Å². The number of nitrogens with zero attached hydrogens (tertiary/aromatic N) is 1. The molecule has 0 bridgehead atoms. The molecule has 0 aliphatic heterocycles. The van der Waals surface area contributed by atoms with Crippen molar-refractivity contribution in [3.63, 3.8) is 0 Å². The van der Waals surface area contributed by atoms with Crippen LogP contribution in [0.2, 0.25) is 0 Å². The Morgan fingerprint density at radius 1 is 1.53 bits per heavy atom. The number of aromatic nitrogens is 1. The van der Waals surface area contributed by atoms with Gasteiger partial charge in [0.25, 0.3) is 0 Å². The van der Waals surface area contributed by atoms with Gasteiger partial charge >= 0.3 is 0 Å². The van der Waals surface area contributed by atoms with Gasteiger partial charge in [0.05, 0.1) is 0 Å². The Hall–Kier alpha value is -1.42. The molecule has 1 amide bonds. The molecule has 1 heterocycles. The number of carbonyl (C=O) groups excluding carboxylic acids is 1. The lowest BCUT2D eigenvalue weighted by molar-refractivity contribution is -0.124. The minimum atomic E-state index is -0.774. The van der Waals surface area contributed by atoms with Gasteiger partial charge in [-0.25, -0.2) is 0 Å². The first kappa shape index (κ1) is 10.1. The van der Waals surface area contributed by atoms with Crippen LogP contribution in [-0.4, -0.2) is 16.9 Å². The lowest BCUT2D eigenvalue weighted by Gasteiger charge is -2.27. The quantitative estimate of drug-likeness (QED) is 0.753. The highest BCUT2D eigenvalue weighted by Gasteiger charge is 2.38. The number of hydrogen-bond donors (Lipinski definition) is 2. The van der Waals surface area contributed by atoms with E-state index in [0.717, 1.165) is 18.4 Å². The minimum Gasteiger partial charge on any atom is -0.368 e. The molecule has 1 aliphatic rings. The number of primary amides is 1. The first-order valence-corrected chi connectivity index (χ1v) is 5.11. The molecule has 4 heteroatoms. The third kappa shape index (κ3) is 1.99. The van der Waals surface area contributed by atoms with Crippen molar-refractivity contribution in [2.45, 2.75) is 31.3 Å². The van der Waals surface area contributed by atoms with Crippen molar-refractivity contribution >= 4 is 5.91 Å². The molecule has 80 valence electrons. The third-order valence-electron chi connectivity index (χ3n) is 2.82. The van der Waals surface area contributed by atoms with E-state index in [4.69, 9.17) is 5.73 Å². The van der Waals surface area contributed by atoms with E-state index in [0.29, 0.717) is 6.04 Å². The third-order valence-corrected chi connectivity index (χ3v) is 2.82. The van der Waals surface area contributed by atoms with Crippen molar-refractivity contribution in [1.29, 1.82) is 0 Å².